The molecule has 0 aliphatic carbocycles. The molecule has 1 fully saturated rings. The van der Waals surface area contributed by atoms with E-state index in [2.05, 4.69) is 5.32 Å². The lowest BCUT2D eigenvalue weighted by Gasteiger charge is -2.30. The fourth-order valence-electron chi connectivity index (χ4n) is 3.29. The number of benzene rings is 2. The highest BCUT2D eigenvalue weighted by Gasteiger charge is 2.32. The van der Waals surface area contributed by atoms with Crippen LogP contribution in [-0.2, 0) is 14.8 Å². The van der Waals surface area contributed by atoms with Crippen LogP contribution in [0.15, 0.2) is 47.4 Å². The number of piperidine rings is 1. The van der Waals surface area contributed by atoms with Crippen molar-refractivity contribution >= 4 is 21.6 Å². The Hall–Kier alpha value is -2.52. The topological polar surface area (TPSA) is 75.7 Å². The van der Waals surface area contributed by atoms with Crippen molar-refractivity contribution in [2.24, 2.45) is 5.92 Å². The summed E-state index contributed by atoms with van der Waals surface area (Å²) in [6, 6.07) is 9.67. The second-order valence-electron chi connectivity index (χ2n) is 7.09. The molecule has 0 radical (unpaired) electrons. The molecule has 162 valence electrons. The number of carbonyl (C=O) groups excluding carboxylic acids is 1. The lowest BCUT2D eigenvalue weighted by atomic mass is 9.97. The first-order valence-corrected chi connectivity index (χ1v) is 11.2. The average molecular weight is 438 g/mol. The van der Waals surface area contributed by atoms with Crippen molar-refractivity contribution in [3.05, 3.63) is 54.1 Å². The number of anilines is 1. The van der Waals surface area contributed by atoms with Crippen molar-refractivity contribution in [3.63, 3.8) is 0 Å². The number of rotatable bonds is 7. The molecule has 0 unspecified atom stereocenters. The Morgan fingerprint density at radius 3 is 2.50 bits per heavy atom. The molecule has 0 spiro atoms. The Morgan fingerprint density at radius 1 is 1.13 bits per heavy atom. The number of hydrogen-bond acceptors (Lipinski definition) is 4. The van der Waals surface area contributed by atoms with Gasteiger partial charge in [-0.25, -0.2) is 17.2 Å². The SMILES string of the molecule is CCCOc1ccccc1NC(=O)C1CCN(S(=O)(=O)c2ccc(F)c(F)c2)CC1. The van der Waals surface area contributed by atoms with Crippen LogP contribution in [0.2, 0.25) is 0 Å². The van der Waals surface area contributed by atoms with Gasteiger partial charge in [0.2, 0.25) is 15.9 Å². The minimum absolute atomic E-state index is 0.118. The van der Waals surface area contributed by atoms with Gasteiger partial charge in [-0.05, 0) is 49.6 Å². The summed E-state index contributed by atoms with van der Waals surface area (Å²) in [5, 5.41) is 2.86. The van der Waals surface area contributed by atoms with Gasteiger partial charge in [-0.1, -0.05) is 19.1 Å². The number of amides is 1. The Bertz CT molecular complexity index is 1010. The third-order valence-corrected chi connectivity index (χ3v) is 6.85. The van der Waals surface area contributed by atoms with Crippen LogP contribution >= 0.6 is 0 Å². The van der Waals surface area contributed by atoms with Crippen LogP contribution in [0.3, 0.4) is 0 Å². The smallest absolute Gasteiger partial charge is 0.243 e. The largest absolute Gasteiger partial charge is 0.491 e. The summed E-state index contributed by atoms with van der Waals surface area (Å²) < 4.78 is 58.8. The predicted octanol–water partition coefficient (Wildman–Crippen LogP) is 3.79. The molecular formula is C21H24F2N2O4S. The molecule has 0 atom stereocenters. The molecule has 0 aromatic heterocycles. The number of halogens is 2. The molecule has 1 aliphatic heterocycles. The highest BCUT2D eigenvalue weighted by molar-refractivity contribution is 7.89. The van der Waals surface area contributed by atoms with Gasteiger partial charge in [-0.2, -0.15) is 4.31 Å². The van der Waals surface area contributed by atoms with Gasteiger partial charge in [0.15, 0.2) is 11.6 Å². The summed E-state index contributed by atoms with van der Waals surface area (Å²) in [6.45, 7) is 2.76. The molecule has 0 saturated carbocycles. The van der Waals surface area contributed by atoms with Crippen LogP contribution in [0.4, 0.5) is 14.5 Å². The van der Waals surface area contributed by atoms with Gasteiger partial charge < -0.3 is 10.1 Å². The third kappa shape index (κ3) is 4.96. The zero-order chi connectivity index (χ0) is 21.7. The van der Waals surface area contributed by atoms with Crippen LogP contribution in [-0.4, -0.2) is 38.3 Å². The minimum atomic E-state index is -3.95. The van der Waals surface area contributed by atoms with E-state index in [0.717, 1.165) is 18.6 Å². The van der Waals surface area contributed by atoms with E-state index in [1.54, 1.807) is 18.2 Å². The highest BCUT2D eigenvalue weighted by Crippen LogP contribution is 2.28. The van der Waals surface area contributed by atoms with Gasteiger partial charge in [0, 0.05) is 19.0 Å². The van der Waals surface area contributed by atoms with Crippen LogP contribution in [0.5, 0.6) is 5.75 Å². The number of carbonyl (C=O) groups is 1. The standard InChI is InChI=1S/C21H24F2N2O4S/c1-2-13-29-20-6-4-3-5-19(20)24-21(26)15-9-11-25(12-10-15)30(27,28)16-7-8-17(22)18(23)14-16/h3-8,14-15H,2,9-13H2,1H3,(H,24,26). The van der Waals surface area contributed by atoms with Crippen molar-refractivity contribution < 1.29 is 26.7 Å². The molecule has 1 saturated heterocycles. The van der Waals surface area contributed by atoms with E-state index < -0.39 is 21.7 Å². The lowest BCUT2D eigenvalue weighted by Crippen LogP contribution is -2.41. The Labute approximate surface area is 174 Å². The molecule has 1 amide bonds. The van der Waals surface area contributed by atoms with Crippen LogP contribution < -0.4 is 10.1 Å². The maximum absolute atomic E-state index is 13.4. The van der Waals surface area contributed by atoms with Gasteiger partial charge in [0.25, 0.3) is 0 Å². The van der Waals surface area contributed by atoms with Crippen molar-refractivity contribution in [3.8, 4) is 5.75 Å². The minimum Gasteiger partial charge on any atom is -0.491 e. The van der Waals surface area contributed by atoms with Crippen LogP contribution in [0.25, 0.3) is 0 Å². The van der Waals surface area contributed by atoms with E-state index in [9.17, 15) is 22.0 Å². The van der Waals surface area contributed by atoms with Gasteiger partial charge in [0.1, 0.15) is 5.75 Å². The molecule has 3 rings (SSSR count). The van der Waals surface area contributed by atoms with Crippen molar-refractivity contribution in [1.82, 2.24) is 4.31 Å². The second kappa shape index (κ2) is 9.53. The summed E-state index contributed by atoms with van der Waals surface area (Å²) >= 11 is 0. The number of nitrogens with zero attached hydrogens (tertiary/aromatic N) is 1. The van der Waals surface area contributed by atoms with E-state index in [1.165, 1.54) is 4.31 Å². The Kier molecular flexibility index (Phi) is 7.04. The molecule has 30 heavy (non-hydrogen) atoms. The summed E-state index contributed by atoms with van der Waals surface area (Å²) in [7, 11) is -3.95. The Morgan fingerprint density at radius 2 is 1.83 bits per heavy atom. The Balaban J connectivity index is 1.63. The second-order valence-corrected chi connectivity index (χ2v) is 9.03. The molecule has 2 aromatic rings. The number of ether oxygens (including phenoxy) is 1. The van der Waals surface area contributed by atoms with Crippen molar-refractivity contribution in [1.29, 1.82) is 0 Å². The fourth-order valence-corrected chi connectivity index (χ4v) is 4.77. The van der Waals surface area contributed by atoms with Gasteiger partial charge in [-0.15, -0.1) is 0 Å². The quantitative estimate of drug-likeness (QED) is 0.714. The molecule has 0 bridgehead atoms. The highest BCUT2D eigenvalue weighted by atomic mass is 32.2. The summed E-state index contributed by atoms with van der Waals surface area (Å²) in [5.41, 5.74) is 0.577. The molecule has 1 N–H and O–H groups in total. The molecule has 2 aromatic carbocycles. The number of hydrogen-bond donors (Lipinski definition) is 1. The molecule has 6 nitrogen and oxygen atoms in total. The molecule has 9 heteroatoms. The normalized spacial score (nSPS) is 15.7. The average Bonchev–Trinajstić information content (AvgIpc) is 2.75. The first-order chi connectivity index (χ1) is 14.3. The van der Waals surface area contributed by atoms with Crippen LogP contribution in [0.1, 0.15) is 26.2 Å². The number of para-hydroxylation sites is 2. The van der Waals surface area contributed by atoms with E-state index in [4.69, 9.17) is 4.74 Å². The monoisotopic (exact) mass is 438 g/mol. The molecule has 1 heterocycles. The zero-order valence-electron chi connectivity index (χ0n) is 16.6. The van der Waals surface area contributed by atoms with Gasteiger partial charge in [-0.3, -0.25) is 4.79 Å². The van der Waals surface area contributed by atoms with E-state index >= 15 is 0 Å². The third-order valence-electron chi connectivity index (χ3n) is 4.96. The van der Waals surface area contributed by atoms with E-state index in [0.29, 0.717) is 37.0 Å². The predicted molar refractivity (Wildman–Crippen MR) is 109 cm³/mol. The van der Waals surface area contributed by atoms with E-state index in [1.807, 2.05) is 13.0 Å². The zero-order valence-corrected chi connectivity index (χ0v) is 17.4. The number of sulfonamides is 1. The van der Waals surface area contributed by atoms with Gasteiger partial charge >= 0.3 is 0 Å². The first kappa shape index (κ1) is 22.2. The van der Waals surface area contributed by atoms with E-state index in [-0.39, 0.29) is 29.8 Å². The van der Waals surface area contributed by atoms with Gasteiger partial charge in [0.05, 0.1) is 17.2 Å². The number of nitrogens with one attached hydrogen (secondary N) is 1. The molecular weight excluding hydrogens is 414 g/mol. The summed E-state index contributed by atoms with van der Waals surface area (Å²) in [5.74, 6) is -2.29. The first-order valence-electron chi connectivity index (χ1n) is 9.81. The fraction of sp³-hybridized carbons (Fsp3) is 0.381. The van der Waals surface area contributed by atoms with Crippen molar-refractivity contribution in [2.75, 3.05) is 25.0 Å². The summed E-state index contributed by atoms with van der Waals surface area (Å²) in [4.78, 5) is 12.4. The maximum Gasteiger partial charge on any atom is 0.243 e. The molecule has 1 aliphatic rings. The lowest BCUT2D eigenvalue weighted by molar-refractivity contribution is -0.120. The summed E-state index contributed by atoms with van der Waals surface area (Å²) in [6.07, 6.45) is 1.49. The van der Waals surface area contributed by atoms with Crippen molar-refractivity contribution in [2.45, 2.75) is 31.1 Å². The maximum atomic E-state index is 13.4. The van der Waals surface area contributed by atoms with Crippen LogP contribution in [0, 0.1) is 17.6 Å².